The van der Waals surface area contributed by atoms with Crippen molar-refractivity contribution in [1.82, 2.24) is 0 Å². The number of carbonyl (C=O) groups excluding carboxylic acids is 1. The molecule has 0 saturated carbocycles. The Hall–Kier alpha value is -1.55. The number of benzene rings is 1. The van der Waals surface area contributed by atoms with Gasteiger partial charge in [0.15, 0.2) is 0 Å². The van der Waals surface area contributed by atoms with Gasteiger partial charge in [0.05, 0.1) is 6.61 Å². The molecule has 4 nitrogen and oxygen atoms in total. The Morgan fingerprint density at radius 2 is 1.90 bits per heavy atom. The minimum Gasteiger partial charge on any atom is -0.465 e. The first-order valence-corrected chi connectivity index (χ1v) is 7.18. The molecular weight excluding hydrogens is 252 g/mol. The molecule has 0 spiro atoms. The van der Waals surface area contributed by atoms with Crippen molar-refractivity contribution in [3.63, 3.8) is 0 Å². The van der Waals surface area contributed by atoms with E-state index in [9.17, 15) is 4.79 Å². The predicted octanol–water partition coefficient (Wildman–Crippen LogP) is 2.49. The second-order valence-corrected chi connectivity index (χ2v) is 5.30. The summed E-state index contributed by atoms with van der Waals surface area (Å²) in [5, 5.41) is 0. The van der Waals surface area contributed by atoms with Crippen molar-refractivity contribution in [2.75, 3.05) is 24.6 Å². The van der Waals surface area contributed by atoms with Gasteiger partial charge in [-0.05, 0) is 46.2 Å². The topological polar surface area (TPSA) is 55.6 Å². The molecule has 0 aromatic heterocycles. The van der Waals surface area contributed by atoms with Gasteiger partial charge in [-0.15, -0.1) is 0 Å². The van der Waals surface area contributed by atoms with Crippen LogP contribution in [0.15, 0.2) is 24.3 Å². The molecular formula is C16H26N2O2. The van der Waals surface area contributed by atoms with Crippen LogP contribution in [0.5, 0.6) is 0 Å². The van der Waals surface area contributed by atoms with E-state index in [-0.39, 0.29) is 5.97 Å². The van der Waals surface area contributed by atoms with E-state index in [0.29, 0.717) is 13.0 Å². The zero-order valence-corrected chi connectivity index (χ0v) is 13.0. The van der Waals surface area contributed by atoms with Crippen molar-refractivity contribution < 1.29 is 9.53 Å². The Morgan fingerprint density at radius 3 is 2.40 bits per heavy atom. The summed E-state index contributed by atoms with van der Waals surface area (Å²) < 4.78 is 5.01. The molecule has 1 aromatic rings. The number of rotatable bonds is 7. The van der Waals surface area contributed by atoms with Gasteiger partial charge >= 0.3 is 5.97 Å². The number of carbonyl (C=O) groups is 1. The van der Waals surface area contributed by atoms with Crippen molar-refractivity contribution in [2.24, 2.45) is 5.73 Å². The minimum absolute atomic E-state index is 0.333. The monoisotopic (exact) mass is 278 g/mol. The number of esters is 1. The maximum atomic E-state index is 11.8. The lowest BCUT2D eigenvalue weighted by molar-refractivity contribution is -0.149. The molecule has 1 rings (SSSR count). The first-order valence-electron chi connectivity index (χ1n) is 7.18. The zero-order valence-electron chi connectivity index (χ0n) is 13.0. The molecule has 0 heterocycles. The SMILES string of the molecule is CCOC(=O)C(C)(N)CCN(CC)c1ccc(C)cc1. The lowest BCUT2D eigenvalue weighted by Crippen LogP contribution is -2.48. The highest BCUT2D eigenvalue weighted by atomic mass is 16.5. The molecule has 0 fully saturated rings. The highest BCUT2D eigenvalue weighted by Gasteiger charge is 2.30. The van der Waals surface area contributed by atoms with Crippen LogP contribution in [-0.2, 0) is 9.53 Å². The standard InChI is InChI=1S/C16H26N2O2/c1-5-18(14-9-7-13(3)8-10-14)12-11-16(4,17)15(19)20-6-2/h7-10H,5-6,11-12,17H2,1-4H3. The number of anilines is 1. The van der Waals surface area contributed by atoms with Crippen molar-refractivity contribution in [1.29, 1.82) is 0 Å². The lowest BCUT2D eigenvalue weighted by atomic mass is 9.99. The predicted molar refractivity (Wildman–Crippen MR) is 82.9 cm³/mol. The first-order chi connectivity index (χ1) is 9.40. The van der Waals surface area contributed by atoms with E-state index in [1.807, 2.05) is 0 Å². The number of aryl methyl sites for hydroxylation is 1. The number of hydrogen-bond acceptors (Lipinski definition) is 4. The van der Waals surface area contributed by atoms with Crippen LogP contribution in [0.4, 0.5) is 5.69 Å². The van der Waals surface area contributed by atoms with Crippen LogP contribution in [0, 0.1) is 6.92 Å². The maximum Gasteiger partial charge on any atom is 0.325 e. The molecule has 0 aliphatic heterocycles. The summed E-state index contributed by atoms with van der Waals surface area (Å²) in [4.78, 5) is 14.0. The summed E-state index contributed by atoms with van der Waals surface area (Å²) in [7, 11) is 0. The normalized spacial score (nSPS) is 13.7. The van der Waals surface area contributed by atoms with Crippen LogP contribution in [-0.4, -0.2) is 31.2 Å². The molecule has 0 aliphatic rings. The van der Waals surface area contributed by atoms with Gasteiger partial charge in [-0.25, -0.2) is 0 Å². The summed E-state index contributed by atoms with van der Waals surface area (Å²) in [6, 6.07) is 8.37. The third-order valence-electron chi connectivity index (χ3n) is 3.42. The van der Waals surface area contributed by atoms with E-state index in [1.165, 1.54) is 5.56 Å². The van der Waals surface area contributed by atoms with Crippen molar-refractivity contribution in [2.45, 2.75) is 39.7 Å². The summed E-state index contributed by atoms with van der Waals surface area (Å²) in [5.41, 5.74) is 7.50. The van der Waals surface area contributed by atoms with Gasteiger partial charge in [0.25, 0.3) is 0 Å². The van der Waals surface area contributed by atoms with Gasteiger partial charge in [0.2, 0.25) is 0 Å². The van der Waals surface area contributed by atoms with E-state index in [2.05, 4.69) is 43.0 Å². The van der Waals surface area contributed by atoms with E-state index < -0.39 is 5.54 Å². The molecule has 2 N–H and O–H groups in total. The number of hydrogen-bond donors (Lipinski definition) is 1. The molecule has 1 atom stereocenters. The van der Waals surface area contributed by atoms with Crippen LogP contribution in [0.2, 0.25) is 0 Å². The fourth-order valence-corrected chi connectivity index (χ4v) is 1.99. The molecule has 20 heavy (non-hydrogen) atoms. The number of ether oxygens (including phenoxy) is 1. The fraction of sp³-hybridized carbons (Fsp3) is 0.562. The first kappa shape index (κ1) is 16.5. The molecule has 0 radical (unpaired) electrons. The third-order valence-corrected chi connectivity index (χ3v) is 3.42. The average molecular weight is 278 g/mol. The molecule has 112 valence electrons. The third kappa shape index (κ3) is 4.53. The van der Waals surface area contributed by atoms with Crippen molar-refractivity contribution in [3.8, 4) is 0 Å². The quantitative estimate of drug-likeness (QED) is 0.779. The highest BCUT2D eigenvalue weighted by molar-refractivity contribution is 5.80. The van der Waals surface area contributed by atoms with Crippen LogP contribution >= 0.6 is 0 Å². The lowest BCUT2D eigenvalue weighted by Gasteiger charge is -2.28. The van der Waals surface area contributed by atoms with Crippen LogP contribution in [0.3, 0.4) is 0 Å². The summed E-state index contributed by atoms with van der Waals surface area (Å²) >= 11 is 0. The number of nitrogens with two attached hydrogens (primary N) is 1. The van der Waals surface area contributed by atoms with Crippen LogP contribution < -0.4 is 10.6 Å². The van der Waals surface area contributed by atoms with E-state index >= 15 is 0 Å². The second-order valence-electron chi connectivity index (χ2n) is 5.30. The van der Waals surface area contributed by atoms with Crippen LogP contribution in [0.25, 0.3) is 0 Å². The molecule has 0 aliphatic carbocycles. The van der Waals surface area contributed by atoms with Crippen molar-refractivity contribution in [3.05, 3.63) is 29.8 Å². The average Bonchev–Trinajstić information content (AvgIpc) is 2.41. The Labute approximate surface area is 121 Å². The Morgan fingerprint density at radius 1 is 1.30 bits per heavy atom. The maximum absolute atomic E-state index is 11.8. The van der Waals surface area contributed by atoms with Gasteiger partial charge in [0, 0.05) is 18.8 Å². The fourth-order valence-electron chi connectivity index (χ4n) is 1.99. The van der Waals surface area contributed by atoms with Gasteiger partial charge in [0.1, 0.15) is 5.54 Å². The number of nitrogens with zero attached hydrogens (tertiary/aromatic N) is 1. The van der Waals surface area contributed by atoms with E-state index in [1.54, 1.807) is 13.8 Å². The van der Waals surface area contributed by atoms with Gasteiger partial charge < -0.3 is 15.4 Å². The summed E-state index contributed by atoms with van der Waals surface area (Å²) in [5.74, 6) is -0.333. The summed E-state index contributed by atoms with van der Waals surface area (Å²) in [6.45, 7) is 9.65. The molecule has 1 aromatic carbocycles. The molecule has 4 heteroatoms. The molecule has 1 unspecified atom stereocenters. The largest absolute Gasteiger partial charge is 0.465 e. The Kier molecular flexibility index (Phi) is 6.02. The van der Waals surface area contributed by atoms with Gasteiger partial charge in [-0.3, -0.25) is 4.79 Å². The molecule has 0 bridgehead atoms. The van der Waals surface area contributed by atoms with E-state index in [0.717, 1.165) is 18.8 Å². The summed E-state index contributed by atoms with van der Waals surface area (Å²) in [6.07, 6.45) is 0.563. The van der Waals surface area contributed by atoms with Gasteiger partial charge in [-0.1, -0.05) is 17.7 Å². The molecule has 0 saturated heterocycles. The van der Waals surface area contributed by atoms with Crippen LogP contribution in [0.1, 0.15) is 32.8 Å². The Bertz CT molecular complexity index is 427. The van der Waals surface area contributed by atoms with Gasteiger partial charge in [-0.2, -0.15) is 0 Å². The highest BCUT2D eigenvalue weighted by Crippen LogP contribution is 2.17. The second kappa shape index (κ2) is 7.29. The minimum atomic E-state index is -0.936. The zero-order chi connectivity index (χ0) is 15.2. The smallest absolute Gasteiger partial charge is 0.325 e. The van der Waals surface area contributed by atoms with Crippen molar-refractivity contribution >= 4 is 11.7 Å². The Balaban J connectivity index is 2.65. The van der Waals surface area contributed by atoms with E-state index in [4.69, 9.17) is 10.5 Å². The molecule has 0 amide bonds.